The van der Waals surface area contributed by atoms with Gasteiger partial charge in [-0.2, -0.15) is 8.78 Å². The fraction of sp³-hybridized carbons (Fsp3) is 0.294. The zero-order valence-electron chi connectivity index (χ0n) is 25.9. The quantitative estimate of drug-likeness (QED) is 0.0819. The van der Waals surface area contributed by atoms with Gasteiger partial charge in [-0.3, -0.25) is 19.2 Å². The van der Waals surface area contributed by atoms with Crippen molar-refractivity contribution >= 4 is 40.0 Å². The summed E-state index contributed by atoms with van der Waals surface area (Å²) in [5, 5.41) is 14.2. The number of halogens is 5. The minimum atomic E-state index is -1.91. The molecule has 9 nitrogen and oxygen atoms in total. The number of ether oxygens (including phenoxy) is 2. The molecule has 0 bridgehead atoms. The summed E-state index contributed by atoms with van der Waals surface area (Å²) < 4.78 is 66.9. The first kappa shape index (κ1) is 36.1. The molecule has 1 amide bonds. The molecule has 0 saturated heterocycles. The molecule has 14 heteroatoms. The van der Waals surface area contributed by atoms with Crippen molar-refractivity contribution < 1.29 is 46.5 Å². The highest BCUT2D eigenvalue weighted by molar-refractivity contribution is 6.31. The summed E-state index contributed by atoms with van der Waals surface area (Å²) in [6, 6.07) is 11.7. The molecule has 3 unspecified atom stereocenters. The van der Waals surface area contributed by atoms with Crippen LogP contribution < -0.4 is 15.6 Å². The van der Waals surface area contributed by atoms with Gasteiger partial charge < -0.3 is 24.5 Å². The van der Waals surface area contributed by atoms with Crippen molar-refractivity contribution in [3.63, 3.8) is 0 Å². The average Bonchev–Trinajstić information content (AvgIpc) is 3.05. The number of benzene rings is 3. The Morgan fingerprint density at radius 1 is 0.979 bits per heavy atom. The molecule has 1 heterocycles. The molecule has 0 aliphatic heterocycles. The fourth-order valence-corrected chi connectivity index (χ4v) is 5.08. The predicted molar refractivity (Wildman–Crippen MR) is 167 cm³/mol. The Kier molecular flexibility index (Phi) is 11.3. The third-order valence-corrected chi connectivity index (χ3v) is 8.04. The van der Waals surface area contributed by atoms with Gasteiger partial charge >= 0.3 is 5.97 Å². The Balaban J connectivity index is 1.60. The highest BCUT2D eigenvalue weighted by atomic mass is 35.5. The lowest BCUT2D eigenvalue weighted by atomic mass is 9.84. The van der Waals surface area contributed by atoms with E-state index in [9.17, 15) is 41.8 Å². The number of hydrogen-bond donors (Lipinski definition) is 2. The van der Waals surface area contributed by atoms with Gasteiger partial charge in [0.15, 0.2) is 23.2 Å². The maximum absolute atomic E-state index is 14.2. The Bertz CT molecular complexity index is 1880. The number of carbonyl (C=O) groups is 3. The van der Waals surface area contributed by atoms with Crippen LogP contribution in [0, 0.1) is 23.3 Å². The number of carbonyl (C=O) groups excluding carboxylic acids is 3. The second kappa shape index (κ2) is 15.0. The summed E-state index contributed by atoms with van der Waals surface area (Å²) in [5.74, 6) is -12.1. The van der Waals surface area contributed by atoms with E-state index in [4.69, 9.17) is 21.1 Å². The number of Topliss-reactive ketones (excluding diaryl/α,β-unsaturated/α-hetero) is 1. The standard InChI is InChI=1S/C34H31ClF4N2O7/c1-4-25(41-13-12-18-10-11-20(35)14-21(18)32(41)45)31(44)40-24(26(42)17-47-30-28(38)22(36)15-23(37)29(30)39)16-27(43)48-33(46)34(2,3)19-8-6-5-7-9-19/h5-15,24-25,33,46H,4,16-17H2,1-3H3,(H,40,44). The van der Waals surface area contributed by atoms with Gasteiger partial charge in [0, 0.05) is 22.7 Å². The molecule has 4 aromatic rings. The Hall–Kier alpha value is -4.75. The number of esters is 1. The molecular weight excluding hydrogens is 660 g/mol. The lowest BCUT2D eigenvalue weighted by molar-refractivity contribution is -0.179. The van der Waals surface area contributed by atoms with Gasteiger partial charge in [0.1, 0.15) is 18.7 Å². The van der Waals surface area contributed by atoms with E-state index in [0.29, 0.717) is 10.9 Å². The summed E-state index contributed by atoms with van der Waals surface area (Å²) >= 11 is 6.05. The number of amides is 1. The van der Waals surface area contributed by atoms with Gasteiger partial charge in [-0.15, -0.1) is 0 Å². The number of ketones is 1. The number of fused-ring (bicyclic) bond motifs is 1. The van der Waals surface area contributed by atoms with Crippen LogP contribution >= 0.6 is 11.6 Å². The van der Waals surface area contributed by atoms with Gasteiger partial charge in [-0.1, -0.05) is 54.9 Å². The molecule has 1 aromatic heterocycles. The van der Waals surface area contributed by atoms with Crippen LogP contribution in [0.15, 0.2) is 71.7 Å². The molecule has 0 spiro atoms. The van der Waals surface area contributed by atoms with Crippen LogP contribution in [0.2, 0.25) is 5.02 Å². The highest BCUT2D eigenvalue weighted by Crippen LogP contribution is 2.29. The second-order valence-electron chi connectivity index (χ2n) is 11.4. The Morgan fingerprint density at radius 2 is 1.62 bits per heavy atom. The number of pyridine rings is 1. The third kappa shape index (κ3) is 7.85. The van der Waals surface area contributed by atoms with Crippen molar-refractivity contribution in [3.8, 4) is 5.75 Å². The van der Waals surface area contributed by atoms with E-state index in [-0.39, 0.29) is 22.9 Å². The molecule has 0 radical (unpaired) electrons. The Labute approximate surface area is 277 Å². The number of nitrogens with one attached hydrogen (secondary N) is 1. The molecule has 0 aliphatic rings. The van der Waals surface area contributed by atoms with Crippen LogP contribution in [0.1, 0.15) is 45.2 Å². The topological polar surface area (TPSA) is 124 Å². The first-order chi connectivity index (χ1) is 22.6. The molecule has 0 saturated carbocycles. The molecule has 2 N–H and O–H groups in total. The lowest BCUT2D eigenvalue weighted by Crippen LogP contribution is -2.48. The SMILES string of the molecule is CCC(C(=O)NC(CC(=O)OC(O)C(C)(C)c1ccccc1)C(=O)COc1c(F)c(F)cc(F)c1F)n1ccc2ccc(Cl)cc2c1=O. The van der Waals surface area contributed by atoms with E-state index in [0.717, 1.165) is 4.57 Å². The monoisotopic (exact) mass is 690 g/mol. The van der Waals surface area contributed by atoms with Crippen molar-refractivity contribution in [1.29, 1.82) is 0 Å². The van der Waals surface area contributed by atoms with E-state index in [1.165, 1.54) is 12.3 Å². The van der Waals surface area contributed by atoms with Crippen molar-refractivity contribution in [2.45, 2.75) is 57.4 Å². The van der Waals surface area contributed by atoms with Crippen molar-refractivity contribution in [2.75, 3.05) is 6.61 Å². The largest absolute Gasteiger partial charge is 0.479 e. The fourth-order valence-electron chi connectivity index (χ4n) is 4.91. The number of aromatic nitrogens is 1. The van der Waals surface area contributed by atoms with Gasteiger partial charge in [-0.05, 0) is 49.4 Å². The smallest absolute Gasteiger partial charge is 0.310 e. The van der Waals surface area contributed by atoms with Crippen molar-refractivity contribution in [1.82, 2.24) is 9.88 Å². The first-order valence-corrected chi connectivity index (χ1v) is 15.1. The lowest BCUT2D eigenvalue weighted by Gasteiger charge is -2.30. The number of hydrogen-bond acceptors (Lipinski definition) is 7. The summed E-state index contributed by atoms with van der Waals surface area (Å²) in [6.45, 7) is 3.53. The predicted octanol–water partition coefficient (Wildman–Crippen LogP) is 5.52. The third-order valence-electron chi connectivity index (χ3n) is 7.80. The number of rotatable bonds is 13. The summed E-state index contributed by atoms with van der Waals surface area (Å²) in [7, 11) is 0. The molecule has 3 atom stereocenters. The van der Waals surface area contributed by atoms with Gasteiger partial charge in [-0.25, -0.2) is 8.78 Å². The van der Waals surface area contributed by atoms with Crippen LogP contribution in [0.3, 0.4) is 0 Å². The van der Waals surface area contributed by atoms with E-state index in [1.807, 2.05) is 0 Å². The molecule has 4 rings (SSSR count). The van der Waals surface area contributed by atoms with E-state index in [2.05, 4.69) is 5.32 Å². The van der Waals surface area contributed by atoms with Gasteiger partial charge in [0.05, 0.1) is 11.8 Å². The van der Waals surface area contributed by atoms with Crippen molar-refractivity contribution in [3.05, 3.63) is 111 Å². The maximum Gasteiger partial charge on any atom is 0.310 e. The van der Waals surface area contributed by atoms with Crippen LogP contribution in [-0.2, 0) is 24.5 Å². The first-order valence-electron chi connectivity index (χ1n) is 14.7. The molecule has 3 aromatic carbocycles. The van der Waals surface area contributed by atoms with Gasteiger partial charge in [0.2, 0.25) is 23.8 Å². The molecule has 254 valence electrons. The Morgan fingerprint density at radius 3 is 2.25 bits per heavy atom. The summed E-state index contributed by atoms with van der Waals surface area (Å²) in [6.07, 6.45) is -1.23. The van der Waals surface area contributed by atoms with Crippen LogP contribution in [0.5, 0.6) is 5.75 Å². The average molecular weight is 691 g/mol. The minimum absolute atomic E-state index is 0.0304. The maximum atomic E-state index is 14.2. The number of aliphatic hydroxyl groups excluding tert-OH is 1. The van der Waals surface area contributed by atoms with Crippen LogP contribution in [-0.4, -0.2) is 46.3 Å². The van der Waals surface area contributed by atoms with Crippen LogP contribution in [0.4, 0.5) is 17.6 Å². The zero-order chi connectivity index (χ0) is 35.3. The highest BCUT2D eigenvalue weighted by Gasteiger charge is 2.35. The minimum Gasteiger partial charge on any atom is -0.479 e. The van der Waals surface area contributed by atoms with E-state index >= 15 is 0 Å². The summed E-state index contributed by atoms with van der Waals surface area (Å²) in [5.41, 5.74) is -1.08. The number of nitrogens with zero attached hydrogens (tertiary/aromatic N) is 1. The second-order valence-corrected chi connectivity index (χ2v) is 11.9. The molecule has 0 fully saturated rings. The van der Waals surface area contributed by atoms with Crippen LogP contribution in [0.25, 0.3) is 10.8 Å². The number of aliphatic hydroxyl groups is 1. The molecule has 0 aliphatic carbocycles. The van der Waals surface area contributed by atoms with Crippen molar-refractivity contribution in [2.24, 2.45) is 0 Å². The van der Waals surface area contributed by atoms with E-state index < -0.39 is 89.1 Å². The molecular formula is C34H31ClF4N2O7. The zero-order valence-corrected chi connectivity index (χ0v) is 26.7. The van der Waals surface area contributed by atoms with E-state index in [1.54, 1.807) is 69.3 Å². The normalized spacial score (nSPS) is 13.4. The molecule has 48 heavy (non-hydrogen) atoms. The summed E-state index contributed by atoms with van der Waals surface area (Å²) in [4.78, 5) is 53.2. The van der Waals surface area contributed by atoms with Gasteiger partial charge in [0.25, 0.3) is 5.56 Å².